The fourth-order valence-corrected chi connectivity index (χ4v) is 1.79. The van der Waals surface area contributed by atoms with Gasteiger partial charge in [-0.15, -0.1) is 0 Å². The van der Waals surface area contributed by atoms with E-state index in [2.05, 4.69) is 10.6 Å². The summed E-state index contributed by atoms with van der Waals surface area (Å²) in [5.41, 5.74) is -0.479. The monoisotopic (exact) mass is 228 g/mol. The second-order valence-corrected chi connectivity index (χ2v) is 5.34. The van der Waals surface area contributed by atoms with Gasteiger partial charge in [-0.25, -0.2) is 4.79 Å². The third-order valence-corrected chi connectivity index (χ3v) is 2.83. The van der Waals surface area contributed by atoms with Crippen LogP contribution < -0.4 is 10.6 Å². The Bertz CT molecular complexity index is 277. The molecule has 0 bridgehead atoms. The number of rotatable bonds is 3. The van der Waals surface area contributed by atoms with Crippen molar-refractivity contribution in [2.45, 2.75) is 33.2 Å². The maximum atomic E-state index is 11.8. The van der Waals surface area contributed by atoms with Gasteiger partial charge in [-0.3, -0.25) is 4.79 Å². The molecule has 1 saturated heterocycles. The van der Waals surface area contributed by atoms with E-state index in [-0.39, 0.29) is 11.8 Å². The van der Waals surface area contributed by atoms with Crippen molar-refractivity contribution in [3.05, 3.63) is 0 Å². The van der Waals surface area contributed by atoms with Gasteiger partial charge in [0.25, 0.3) is 0 Å². The smallest absolute Gasteiger partial charge is 0.326 e. The Morgan fingerprint density at radius 3 is 2.44 bits per heavy atom. The molecular weight excluding hydrogens is 208 g/mol. The van der Waals surface area contributed by atoms with Crippen LogP contribution in [0.4, 0.5) is 0 Å². The predicted octanol–water partition coefficient (Wildman–Crippen LogP) is 0.211. The van der Waals surface area contributed by atoms with Gasteiger partial charge in [0.2, 0.25) is 5.91 Å². The molecule has 0 aromatic carbocycles. The number of nitrogens with one attached hydrogen (secondary N) is 2. The van der Waals surface area contributed by atoms with E-state index in [0.29, 0.717) is 6.54 Å². The molecule has 0 saturated carbocycles. The lowest BCUT2D eigenvalue weighted by Crippen LogP contribution is -2.51. The summed E-state index contributed by atoms with van der Waals surface area (Å²) in [7, 11) is 0. The van der Waals surface area contributed by atoms with Crippen LogP contribution in [0.15, 0.2) is 0 Å². The Labute approximate surface area is 95.6 Å². The summed E-state index contributed by atoms with van der Waals surface area (Å²) < 4.78 is 0. The van der Waals surface area contributed by atoms with Gasteiger partial charge in [-0.05, 0) is 18.4 Å². The van der Waals surface area contributed by atoms with Crippen molar-refractivity contribution < 1.29 is 14.7 Å². The van der Waals surface area contributed by atoms with Crippen LogP contribution in [0, 0.1) is 11.3 Å². The molecule has 0 aromatic rings. The SMILES string of the molecule is CC(C)(C)C(NC(=O)C1CCNC1)C(=O)O. The average molecular weight is 228 g/mol. The Hall–Kier alpha value is -1.10. The molecule has 1 rings (SSSR count). The van der Waals surface area contributed by atoms with Gasteiger partial charge in [-0.2, -0.15) is 0 Å². The van der Waals surface area contributed by atoms with Crippen molar-refractivity contribution in [3.8, 4) is 0 Å². The average Bonchev–Trinajstić information content (AvgIpc) is 2.63. The van der Waals surface area contributed by atoms with Crippen molar-refractivity contribution in [1.29, 1.82) is 0 Å². The normalized spacial score (nSPS) is 22.8. The summed E-state index contributed by atoms with van der Waals surface area (Å²) in [6, 6.07) is -0.833. The van der Waals surface area contributed by atoms with Crippen molar-refractivity contribution in [1.82, 2.24) is 10.6 Å². The van der Waals surface area contributed by atoms with Crippen molar-refractivity contribution in [2.75, 3.05) is 13.1 Å². The lowest BCUT2D eigenvalue weighted by Gasteiger charge is -2.28. The second-order valence-electron chi connectivity index (χ2n) is 5.34. The van der Waals surface area contributed by atoms with E-state index in [0.717, 1.165) is 13.0 Å². The molecule has 0 spiro atoms. The zero-order valence-corrected chi connectivity index (χ0v) is 10.0. The molecule has 0 radical (unpaired) electrons. The van der Waals surface area contributed by atoms with Gasteiger partial charge in [0, 0.05) is 6.54 Å². The van der Waals surface area contributed by atoms with E-state index in [1.807, 2.05) is 0 Å². The highest BCUT2D eigenvalue weighted by Crippen LogP contribution is 2.20. The van der Waals surface area contributed by atoms with Crippen molar-refractivity contribution >= 4 is 11.9 Å². The number of carbonyl (C=O) groups excluding carboxylic acids is 1. The molecule has 5 nitrogen and oxygen atoms in total. The van der Waals surface area contributed by atoms with Crippen LogP contribution in [-0.4, -0.2) is 36.1 Å². The van der Waals surface area contributed by atoms with E-state index in [4.69, 9.17) is 5.11 Å². The summed E-state index contributed by atoms with van der Waals surface area (Å²) in [5, 5.41) is 14.8. The molecular formula is C11H20N2O3. The topological polar surface area (TPSA) is 78.4 Å². The van der Waals surface area contributed by atoms with Gasteiger partial charge in [0.1, 0.15) is 6.04 Å². The second kappa shape index (κ2) is 4.82. The molecule has 2 atom stereocenters. The molecule has 1 fully saturated rings. The maximum Gasteiger partial charge on any atom is 0.326 e. The van der Waals surface area contributed by atoms with Crippen LogP contribution >= 0.6 is 0 Å². The third kappa shape index (κ3) is 3.20. The number of aliphatic carboxylic acids is 1. The molecule has 5 heteroatoms. The van der Waals surface area contributed by atoms with Crippen LogP contribution in [0.5, 0.6) is 0 Å². The van der Waals surface area contributed by atoms with Crippen LogP contribution in [0.25, 0.3) is 0 Å². The fourth-order valence-electron chi connectivity index (χ4n) is 1.79. The number of carbonyl (C=O) groups is 2. The zero-order valence-electron chi connectivity index (χ0n) is 10.0. The highest BCUT2D eigenvalue weighted by molar-refractivity contribution is 5.85. The first kappa shape index (κ1) is 13.0. The van der Waals surface area contributed by atoms with E-state index in [1.54, 1.807) is 20.8 Å². The molecule has 0 aliphatic carbocycles. The molecule has 1 heterocycles. The molecule has 0 aromatic heterocycles. The number of amides is 1. The maximum absolute atomic E-state index is 11.8. The van der Waals surface area contributed by atoms with Gasteiger partial charge >= 0.3 is 5.97 Å². The highest BCUT2D eigenvalue weighted by Gasteiger charge is 2.34. The molecule has 1 aliphatic rings. The lowest BCUT2D eigenvalue weighted by molar-refractivity contribution is -0.145. The van der Waals surface area contributed by atoms with Crippen LogP contribution in [-0.2, 0) is 9.59 Å². The minimum atomic E-state index is -0.980. The summed E-state index contributed by atoms with van der Waals surface area (Å²) in [5.74, 6) is -1.23. The number of carboxylic acid groups (broad SMARTS) is 1. The minimum Gasteiger partial charge on any atom is -0.480 e. The minimum absolute atomic E-state index is 0.0933. The number of hydrogen-bond donors (Lipinski definition) is 3. The zero-order chi connectivity index (χ0) is 12.3. The summed E-state index contributed by atoms with van der Waals surface area (Å²) in [4.78, 5) is 22.9. The molecule has 1 aliphatic heterocycles. The summed E-state index contributed by atoms with van der Waals surface area (Å²) >= 11 is 0. The third-order valence-electron chi connectivity index (χ3n) is 2.83. The van der Waals surface area contributed by atoms with E-state index < -0.39 is 17.4 Å². The quantitative estimate of drug-likeness (QED) is 0.645. The Morgan fingerprint density at radius 1 is 1.44 bits per heavy atom. The first-order chi connectivity index (χ1) is 7.32. The van der Waals surface area contributed by atoms with Gasteiger partial charge < -0.3 is 15.7 Å². The van der Waals surface area contributed by atoms with Crippen LogP contribution in [0.3, 0.4) is 0 Å². The Balaban J connectivity index is 2.61. The molecule has 92 valence electrons. The van der Waals surface area contributed by atoms with Crippen LogP contribution in [0.1, 0.15) is 27.2 Å². The first-order valence-electron chi connectivity index (χ1n) is 5.56. The molecule has 2 unspecified atom stereocenters. The van der Waals surface area contributed by atoms with E-state index in [9.17, 15) is 9.59 Å². The van der Waals surface area contributed by atoms with Crippen molar-refractivity contribution in [2.24, 2.45) is 11.3 Å². The van der Waals surface area contributed by atoms with Gasteiger partial charge in [-0.1, -0.05) is 20.8 Å². The number of hydrogen-bond acceptors (Lipinski definition) is 3. The molecule has 3 N–H and O–H groups in total. The highest BCUT2D eigenvalue weighted by atomic mass is 16.4. The van der Waals surface area contributed by atoms with E-state index >= 15 is 0 Å². The predicted molar refractivity (Wildman–Crippen MR) is 60.0 cm³/mol. The van der Waals surface area contributed by atoms with Crippen molar-refractivity contribution in [3.63, 3.8) is 0 Å². The number of carboxylic acids is 1. The van der Waals surface area contributed by atoms with Crippen LogP contribution in [0.2, 0.25) is 0 Å². The lowest BCUT2D eigenvalue weighted by atomic mass is 9.86. The molecule has 1 amide bonds. The standard InChI is InChI=1S/C11H20N2O3/c1-11(2,3)8(10(15)16)13-9(14)7-4-5-12-6-7/h7-8,12H,4-6H2,1-3H3,(H,13,14)(H,15,16). The summed E-state index contributed by atoms with van der Waals surface area (Å²) in [6.07, 6.45) is 0.780. The Kier molecular flexibility index (Phi) is 3.91. The van der Waals surface area contributed by atoms with E-state index in [1.165, 1.54) is 0 Å². The fraction of sp³-hybridized carbons (Fsp3) is 0.818. The van der Waals surface area contributed by atoms with Gasteiger partial charge in [0.05, 0.1) is 5.92 Å². The largest absolute Gasteiger partial charge is 0.480 e. The summed E-state index contributed by atoms with van der Waals surface area (Å²) in [6.45, 7) is 6.88. The molecule has 16 heavy (non-hydrogen) atoms. The Morgan fingerprint density at radius 2 is 2.06 bits per heavy atom. The van der Waals surface area contributed by atoms with Gasteiger partial charge in [0.15, 0.2) is 0 Å². The first-order valence-corrected chi connectivity index (χ1v) is 5.56.